The van der Waals surface area contributed by atoms with Gasteiger partial charge in [-0.25, -0.2) is 9.97 Å². The number of anilines is 1. The highest BCUT2D eigenvalue weighted by molar-refractivity contribution is 5.83. The second-order valence-electron chi connectivity index (χ2n) is 8.63. The second kappa shape index (κ2) is 8.86. The number of carbonyl (C=O) groups excluding carboxylic acids is 1. The Morgan fingerprint density at radius 1 is 1.23 bits per heavy atom. The van der Waals surface area contributed by atoms with Gasteiger partial charge in [-0.1, -0.05) is 31.0 Å². The molecule has 3 aromatic rings. The third kappa shape index (κ3) is 4.64. The first-order valence-electron chi connectivity index (χ1n) is 10.9. The maximum atomic E-state index is 12.9. The van der Waals surface area contributed by atoms with E-state index in [1.165, 1.54) is 23.8 Å². The molecule has 1 atom stereocenters. The van der Waals surface area contributed by atoms with Crippen molar-refractivity contribution in [2.45, 2.75) is 51.5 Å². The molecule has 0 spiro atoms. The fourth-order valence-corrected chi connectivity index (χ4v) is 4.46. The predicted octanol–water partition coefficient (Wildman–Crippen LogP) is 4.31. The molecule has 1 amide bonds. The number of carbonyl (C=O) groups is 1. The van der Waals surface area contributed by atoms with Crippen molar-refractivity contribution in [3.8, 4) is 0 Å². The van der Waals surface area contributed by atoms with Crippen molar-refractivity contribution in [2.75, 3.05) is 19.0 Å². The number of para-hydroxylation sites is 1. The first-order chi connectivity index (χ1) is 14.5. The molecule has 1 fully saturated rings. The van der Waals surface area contributed by atoms with Crippen LogP contribution in [0.2, 0.25) is 0 Å². The minimum absolute atomic E-state index is 0.120. The van der Waals surface area contributed by atoms with Crippen LogP contribution in [0.25, 0.3) is 10.9 Å². The molecule has 1 saturated carbocycles. The molecule has 0 aliphatic heterocycles. The van der Waals surface area contributed by atoms with Gasteiger partial charge in [0, 0.05) is 50.1 Å². The highest BCUT2D eigenvalue weighted by Gasteiger charge is 2.23. The zero-order chi connectivity index (χ0) is 21.1. The van der Waals surface area contributed by atoms with Crippen molar-refractivity contribution in [2.24, 2.45) is 5.92 Å². The topological polar surface area (TPSA) is 73.9 Å². The molecule has 6 nitrogen and oxygen atoms in total. The standard InChI is InChI=1S/C24H31N5O/c1-16-26-22(14-23(27-16)29(2)3)21(28-24(30)12-17-8-4-5-9-17)13-18-15-25-20-11-7-6-10-19(18)20/h6-7,10-11,14-15,17,21,25H,4-5,8-9,12-13H2,1-3H3,(H,28,30)/t21-/m0/s1. The molecule has 158 valence electrons. The smallest absolute Gasteiger partial charge is 0.220 e. The maximum Gasteiger partial charge on any atom is 0.220 e. The number of benzene rings is 1. The maximum absolute atomic E-state index is 12.9. The second-order valence-corrected chi connectivity index (χ2v) is 8.63. The lowest BCUT2D eigenvalue weighted by molar-refractivity contribution is -0.122. The third-order valence-electron chi connectivity index (χ3n) is 6.04. The summed E-state index contributed by atoms with van der Waals surface area (Å²) in [5.74, 6) is 2.20. The molecule has 0 unspecified atom stereocenters. The number of nitrogens with one attached hydrogen (secondary N) is 2. The zero-order valence-corrected chi connectivity index (χ0v) is 18.1. The lowest BCUT2D eigenvalue weighted by atomic mass is 10.00. The Bertz CT molecular complexity index is 1020. The lowest BCUT2D eigenvalue weighted by Gasteiger charge is -2.21. The van der Waals surface area contributed by atoms with E-state index >= 15 is 0 Å². The minimum Gasteiger partial charge on any atom is -0.363 e. The largest absolute Gasteiger partial charge is 0.363 e. The molecule has 1 aliphatic carbocycles. The highest BCUT2D eigenvalue weighted by Crippen LogP contribution is 2.29. The number of nitrogens with zero attached hydrogens (tertiary/aromatic N) is 3. The van der Waals surface area contributed by atoms with E-state index in [1.54, 1.807) is 0 Å². The minimum atomic E-state index is -0.196. The molecule has 2 aromatic heterocycles. The van der Waals surface area contributed by atoms with Gasteiger partial charge in [0.2, 0.25) is 5.91 Å². The van der Waals surface area contributed by atoms with Gasteiger partial charge in [-0.2, -0.15) is 0 Å². The monoisotopic (exact) mass is 405 g/mol. The summed E-state index contributed by atoms with van der Waals surface area (Å²) in [5.41, 5.74) is 3.15. The summed E-state index contributed by atoms with van der Waals surface area (Å²) in [6, 6.07) is 10.1. The van der Waals surface area contributed by atoms with Crippen molar-refractivity contribution in [1.29, 1.82) is 0 Å². The van der Waals surface area contributed by atoms with Gasteiger partial charge in [0.25, 0.3) is 0 Å². The fourth-order valence-electron chi connectivity index (χ4n) is 4.46. The molecule has 2 N–H and O–H groups in total. The van der Waals surface area contributed by atoms with E-state index in [0.29, 0.717) is 24.6 Å². The van der Waals surface area contributed by atoms with Crippen LogP contribution in [0.15, 0.2) is 36.5 Å². The van der Waals surface area contributed by atoms with Gasteiger partial charge in [0.05, 0.1) is 11.7 Å². The average molecular weight is 406 g/mol. The van der Waals surface area contributed by atoms with Crippen LogP contribution in [0.4, 0.5) is 5.82 Å². The van der Waals surface area contributed by atoms with E-state index < -0.39 is 0 Å². The van der Waals surface area contributed by atoms with Crippen molar-refractivity contribution < 1.29 is 4.79 Å². The molecule has 6 heteroatoms. The van der Waals surface area contributed by atoms with Gasteiger partial charge in [-0.15, -0.1) is 0 Å². The molecule has 2 heterocycles. The van der Waals surface area contributed by atoms with E-state index in [0.717, 1.165) is 29.9 Å². The average Bonchev–Trinajstić information content (AvgIpc) is 3.37. The summed E-state index contributed by atoms with van der Waals surface area (Å²) in [6.45, 7) is 1.90. The van der Waals surface area contributed by atoms with E-state index in [-0.39, 0.29) is 11.9 Å². The summed E-state index contributed by atoms with van der Waals surface area (Å²) in [6.07, 6.45) is 8.15. The van der Waals surface area contributed by atoms with Gasteiger partial charge < -0.3 is 15.2 Å². The first kappa shape index (κ1) is 20.4. The SMILES string of the molecule is Cc1nc([C@H](Cc2c[nH]c3ccccc23)NC(=O)CC2CCCC2)cc(N(C)C)n1. The van der Waals surface area contributed by atoms with Crippen LogP contribution < -0.4 is 10.2 Å². The van der Waals surface area contributed by atoms with Crippen LogP contribution in [-0.2, 0) is 11.2 Å². The Morgan fingerprint density at radius 2 is 2.00 bits per heavy atom. The molecule has 0 radical (unpaired) electrons. The fraction of sp³-hybridized carbons (Fsp3) is 0.458. The van der Waals surface area contributed by atoms with Crippen molar-refractivity contribution >= 4 is 22.6 Å². The zero-order valence-electron chi connectivity index (χ0n) is 18.1. The predicted molar refractivity (Wildman–Crippen MR) is 121 cm³/mol. The molecule has 1 aromatic carbocycles. The number of aromatic amines is 1. The van der Waals surface area contributed by atoms with Crippen molar-refractivity contribution in [3.63, 3.8) is 0 Å². The van der Waals surface area contributed by atoms with Crippen molar-refractivity contribution in [3.05, 3.63) is 53.6 Å². The molecular formula is C24H31N5O. The number of H-pyrrole nitrogens is 1. The number of rotatable bonds is 7. The quantitative estimate of drug-likeness (QED) is 0.614. The summed E-state index contributed by atoms with van der Waals surface area (Å²) in [4.78, 5) is 27.4. The molecule has 0 bridgehead atoms. The van der Waals surface area contributed by atoms with Crippen LogP contribution in [-0.4, -0.2) is 35.0 Å². The van der Waals surface area contributed by atoms with Gasteiger partial charge in [-0.05, 0) is 37.3 Å². The Hall–Kier alpha value is -2.89. The molecular weight excluding hydrogens is 374 g/mol. The Kier molecular flexibility index (Phi) is 6.02. The van der Waals surface area contributed by atoms with Gasteiger partial charge in [-0.3, -0.25) is 4.79 Å². The number of hydrogen-bond acceptors (Lipinski definition) is 4. The highest BCUT2D eigenvalue weighted by atomic mass is 16.1. The number of hydrogen-bond donors (Lipinski definition) is 2. The Balaban J connectivity index is 1.63. The number of aryl methyl sites for hydroxylation is 1. The lowest BCUT2D eigenvalue weighted by Crippen LogP contribution is -2.32. The van der Waals surface area contributed by atoms with E-state index in [1.807, 2.05) is 50.3 Å². The number of aromatic nitrogens is 3. The van der Waals surface area contributed by atoms with Gasteiger partial charge in [0.15, 0.2) is 0 Å². The molecule has 0 saturated heterocycles. The van der Waals surface area contributed by atoms with Gasteiger partial charge in [0.1, 0.15) is 11.6 Å². The van der Waals surface area contributed by atoms with E-state index in [4.69, 9.17) is 4.98 Å². The molecule has 4 rings (SSSR count). The Labute approximate surface area is 178 Å². The Morgan fingerprint density at radius 3 is 2.77 bits per heavy atom. The van der Waals surface area contributed by atoms with Gasteiger partial charge >= 0.3 is 0 Å². The van der Waals surface area contributed by atoms with Crippen LogP contribution in [0.3, 0.4) is 0 Å². The molecule has 30 heavy (non-hydrogen) atoms. The first-order valence-corrected chi connectivity index (χ1v) is 10.9. The third-order valence-corrected chi connectivity index (χ3v) is 6.04. The number of fused-ring (bicyclic) bond motifs is 1. The van der Waals surface area contributed by atoms with Crippen LogP contribution in [0, 0.1) is 12.8 Å². The van der Waals surface area contributed by atoms with Crippen LogP contribution >= 0.6 is 0 Å². The molecule has 1 aliphatic rings. The summed E-state index contributed by atoms with van der Waals surface area (Å²) >= 11 is 0. The van der Waals surface area contributed by atoms with Crippen molar-refractivity contribution in [1.82, 2.24) is 20.3 Å². The number of amides is 1. The van der Waals surface area contributed by atoms with Crippen LogP contribution in [0.1, 0.15) is 55.2 Å². The summed E-state index contributed by atoms with van der Waals surface area (Å²) in [5, 5.41) is 4.48. The van der Waals surface area contributed by atoms with Crippen LogP contribution in [0.5, 0.6) is 0 Å². The van der Waals surface area contributed by atoms with E-state index in [9.17, 15) is 4.79 Å². The summed E-state index contributed by atoms with van der Waals surface area (Å²) in [7, 11) is 3.94. The summed E-state index contributed by atoms with van der Waals surface area (Å²) < 4.78 is 0. The normalized spacial score (nSPS) is 15.4. The van der Waals surface area contributed by atoms with E-state index in [2.05, 4.69) is 27.4 Å².